The normalized spacial score (nSPS) is 24.8. The maximum Gasteiger partial charge on any atom is 0.0691 e. The van der Waals surface area contributed by atoms with Crippen molar-refractivity contribution in [1.29, 1.82) is 0 Å². The molecule has 1 saturated carbocycles. The van der Waals surface area contributed by atoms with Crippen LogP contribution in [0.5, 0.6) is 0 Å². The van der Waals surface area contributed by atoms with Crippen LogP contribution in [-0.4, -0.2) is 23.7 Å². The second kappa shape index (κ2) is 7.89. The van der Waals surface area contributed by atoms with Gasteiger partial charge in [-0.1, -0.05) is 49.2 Å². The summed E-state index contributed by atoms with van der Waals surface area (Å²) in [6.07, 6.45) is 10.4. The van der Waals surface area contributed by atoms with Crippen LogP contribution in [0.25, 0.3) is 0 Å². The lowest BCUT2D eigenvalue weighted by atomic mass is 9.68. The molecule has 1 aromatic heterocycles. The predicted octanol–water partition coefficient (Wildman–Crippen LogP) is 4.62. The summed E-state index contributed by atoms with van der Waals surface area (Å²) in [6, 6.07) is 17.0. The minimum Gasteiger partial charge on any atom is -0.375 e. The summed E-state index contributed by atoms with van der Waals surface area (Å²) in [5, 5.41) is 3.65. The zero-order valence-electron chi connectivity index (χ0n) is 15.6. The van der Waals surface area contributed by atoms with Crippen LogP contribution >= 0.6 is 0 Å². The molecule has 1 saturated heterocycles. The molecule has 3 heteroatoms. The number of benzene rings is 1. The van der Waals surface area contributed by atoms with Crippen LogP contribution < -0.4 is 5.32 Å². The standard InChI is InChI=1S/C23H30N2O/c1-2-8-20(9-3-1)18-24-16-13-22(21-10-4-7-15-25-21)14-17-26-23(19-22)11-5-6-12-23/h1-4,7-10,15,24H,5-6,11-14,16-19H2/t22-/m0/s1. The molecule has 2 aliphatic rings. The first-order chi connectivity index (χ1) is 12.8. The molecule has 1 spiro atoms. The minimum atomic E-state index is 0.106. The molecular formula is C23H30N2O. The summed E-state index contributed by atoms with van der Waals surface area (Å²) >= 11 is 0. The lowest BCUT2D eigenvalue weighted by Gasteiger charge is -2.46. The van der Waals surface area contributed by atoms with Gasteiger partial charge in [0.05, 0.1) is 5.60 Å². The van der Waals surface area contributed by atoms with E-state index in [1.54, 1.807) is 0 Å². The van der Waals surface area contributed by atoms with Crippen LogP contribution in [0.1, 0.15) is 56.2 Å². The fraction of sp³-hybridized carbons (Fsp3) is 0.522. The first-order valence-electron chi connectivity index (χ1n) is 10.1. The van der Waals surface area contributed by atoms with Gasteiger partial charge in [0.2, 0.25) is 0 Å². The van der Waals surface area contributed by atoms with Crippen molar-refractivity contribution in [3.63, 3.8) is 0 Å². The number of pyridine rings is 1. The number of nitrogens with zero attached hydrogens (tertiary/aromatic N) is 1. The van der Waals surface area contributed by atoms with Crippen LogP contribution in [-0.2, 0) is 16.7 Å². The molecule has 1 N–H and O–H groups in total. The van der Waals surface area contributed by atoms with E-state index >= 15 is 0 Å². The van der Waals surface area contributed by atoms with Crippen LogP contribution in [0.3, 0.4) is 0 Å². The molecule has 1 aliphatic carbocycles. The van der Waals surface area contributed by atoms with Crippen LogP contribution in [0.15, 0.2) is 54.7 Å². The van der Waals surface area contributed by atoms with Gasteiger partial charge < -0.3 is 10.1 Å². The van der Waals surface area contributed by atoms with Gasteiger partial charge in [0.1, 0.15) is 0 Å². The summed E-state index contributed by atoms with van der Waals surface area (Å²) in [6.45, 7) is 2.82. The molecule has 3 nitrogen and oxygen atoms in total. The summed E-state index contributed by atoms with van der Waals surface area (Å²) in [4.78, 5) is 4.78. The van der Waals surface area contributed by atoms with Gasteiger partial charge in [-0.25, -0.2) is 0 Å². The Morgan fingerprint density at radius 1 is 0.962 bits per heavy atom. The van der Waals surface area contributed by atoms with Gasteiger partial charge in [0, 0.05) is 30.5 Å². The number of nitrogens with one attached hydrogen (secondary N) is 1. The molecule has 4 rings (SSSR count). The van der Waals surface area contributed by atoms with Gasteiger partial charge in [-0.3, -0.25) is 4.98 Å². The molecule has 2 heterocycles. The molecule has 26 heavy (non-hydrogen) atoms. The molecule has 0 radical (unpaired) electrons. The highest BCUT2D eigenvalue weighted by Crippen LogP contribution is 2.49. The topological polar surface area (TPSA) is 34.2 Å². The van der Waals surface area contributed by atoms with E-state index in [9.17, 15) is 0 Å². The number of rotatable bonds is 6. The van der Waals surface area contributed by atoms with E-state index in [4.69, 9.17) is 9.72 Å². The third-order valence-corrected chi connectivity index (χ3v) is 6.32. The fourth-order valence-electron chi connectivity index (χ4n) is 4.95. The Bertz CT molecular complexity index is 682. The Labute approximate surface area is 157 Å². The lowest BCUT2D eigenvalue weighted by Crippen LogP contribution is -2.47. The third kappa shape index (κ3) is 3.84. The van der Waals surface area contributed by atoms with Crippen molar-refractivity contribution >= 4 is 0 Å². The van der Waals surface area contributed by atoms with E-state index in [0.29, 0.717) is 0 Å². The molecule has 1 aromatic carbocycles. The van der Waals surface area contributed by atoms with Crippen molar-refractivity contribution in [2.24, 2.45) is 0 Å². The predicted molar refractivity (Wildman–Crippen MR) is 105 cm³/mol. The molecular weight excluding hydrogens is 320 g/mol. The van der Waals surface area contributed by atoms with Crippen LogP contribution in [0, 0.1) is 0 Å². The van der Waals surface area contributed by atoms with E-state index in [-0.39, 0.29) is 11.0 Å². The second-order valence-corrected chi connectivity index (χ2v) is 8.07. The average Bonchev–Trinajstić information content (AvgIpc) is 3.14. The number of hydrogen-bond donors (Lipinski definition) is 1. The van der Waals surface area contributed by atoms with Crippen molar-refractivity contribution in [3.05, 3.63) is 66.0 Å². The molecule has 0 amide bonds. The Hall–Kier alpha value is -1.71. The highest BCUT2D eigenvalue weighted by atomic mass is 16.5. The minimum absolute atomic E-state index is 0.106. The lowest BCUT2D eigenvalue weighted by molar-refractivity contribution is -0.104. The maximum absolute atomic E-state index is 6.33. The van der Waals surface area contributed by atoms with Gasteiger partial charge in [0.25, 0.3) is 0 Å². The van der Waals surface area contributed by atoms with Crippen molar-refractivity contribution < 1.29 is 4.74 Å². The number of aromatic nitrogens is 1. The van der Waals surface area contributed by atoms with E-state index in [1.165, 1.54) is 36.9 Å². The maximum atomic E-state index is 6.33. The zero-order valence-corrected chi connectivity index (χ0v) is 15.6. The summed E-state index contributed by atoms with van der Waals surface area (Å²) in [5.41, 5.74) is 2.86. The van der Waals surface area contributed by atoms with Gasteiger partial charge in [-0.05, 0) is 56.3 Å². The first kappa shape index (κ1) is 17.7. The van der Waals surface area contributed by atoms with Crippen LogP contribution in [0.2, 0.25) is 0 Å². The SMILES string of the molecule is c1ccc(CNCC[C@]2(c3ccccn3)CCOC3(CCCC3)C2)cc1. The molecule has 2 aromatic rings. The summed E-state index contributed by atoms with van der Waals surface area (Å²) in [5.74, 6) is 0. The Morgan fingerprint density at radius 3 is 2.54 bits per heavy atom. The Morgan fingerprint density at radius 2 is 1.77 bits per heavy atom. The third-order valence-electron chi connectivity index (χ3n) is 6.32. The van der Waals surface area contributed by atoms with E-state index in [0.717, 1.165) is 39.0 Å². The first-order valence-corrected chi connectivity index (χ1v) is 10.1. The largest absolute Gasteiger partial charge is 0.375 e. The molecule has 2 fully saturated rings. The molecule has 1 atom stereocenters. The van der Waals surface area contributed by atoms with Gasteiger partial charge in [-0.15, -0.1) is 0 Å². The molecule has 1 aliphatic heterocycles. The van der Waals surface area contributed by atoms with E-state index in [2.05, 4.69) is 47.8 Å². The van der Waals surface area contributed by atoms with Gasteiger partial charge >= 0.3 is 0 Å². The summed E-state index contributed by atoms with van der Waals surface area (Å²) < 4.78 is 6.33. The monoisotopic (exact) mass is 350 g/mol. The highest BCUT2D eigenvalue weighted by Gasteiger charge is 2.48. The van der Waals surface area contributed by atoms with Crippen molar-refractivity contribution in [2.75, 3.05) is 13.2 Å². The van der Waals surface area contributed by atoms with E-state index < -0.39 is 0 Å². The number of hydrogen-bond acceptors (Lipinski definition) is 3. The van der Waals surface area contributed by atoms with Crippen molar-refractivity contribution in [1.82, 2.24) is 10.3 Å². The number of ether oxygens (including phenoxy) is 1. The Kier molecular flexibility index (Phi) is 5.37. The molecule has 0 unspecified atom stereocenters. The van der Waals surface area contributed by atoms with E-state index in [1.807, 2.05) is 12.3 Å². The van der Waals surface area contributed by atoms with Crippen molar-refractivity contribution in [3.8, 4) is 0 Å². The average molecular weight is 351 g/mol. The van der Waals surface area contributed by atoms with Gasteiger partial charge in [-0.2, -0.15) is 0 Å². The second-order valence-electron chi connectivity index (χ2n) is 8.07. The quantitative estimate of drug-likeness (QED) is 0.772. The summed E-state index contributed by atoms with van der Waals surface area (Å²) in [7, 11) is 0. The Balaban J connectivity index is 1.46. The molecule has 0 bridgehead atoms. The smallest absolute Gasteiger partial charge is 0.0691 e. The molecule has 138 valence electrons. The zero-order chi connectivity index (χ0) is 17.7. The van der Waals surface area contributed by atoms with Crippen molar-refractivity contribution in [2.45, 2.75) is 62.5 Å². The highest BCUT2D eigenvalue weighted by molar-refractivity contribution is 5.21. The van der Waals surface area contributed by atoms with Gasteiger partial charge in [0.15, 0.2) is 0 Å². The fourth-order valence-corrected chi connectivity index (χ4v) is 4.95. The van der Waals surface area contributed by atoms with Crippen LogP contribution in [0.4, 0.5) is 0 Å².